The highest BCUT2D eigenvalue weighted by Gasteiger charge is 2.28. The molecule has 1 aliphatic heterocycles. The van der Waals surface area contributed by atoms with Crippen molar-refractivity contribution in [1.29, 1.82) is 0 Å². The number of hydrogen-bond donors (Lipinski definition) is 0. The third kappa shape index (κ3) is 5.06. The molecule has 0 spiro atoms. The lowest BCUT2D eigenvalue weighted by Crippen LogP contribution is -2.49. The molecule has 0 unspecified atom stereocenters. The van der Waals surface area contributed by atoms with Crippen LogP contribution in [0.2, 0.25) is 0 Å². The number of benzene rings is 2. The third-order valence-corrected chi connectivity index (χ3v) is 7.75. The van der Waals surface area contributed by atoms with Gasteiger partial charge in [-0.25, -0.2) is 13.4 Å². The molecule has 0 N–H and O–H groups in total. The summed E-state index contributed by atoms with van der Waals surface area (Å²) in [7, 11) is -3.43. The van der Waals surface area contributed by atoms with Gasteiger partial charge in [0.15, 0.2) is 0 Å². The Balaban J connectivity index is 1.33. The van der Waals surface area contributed by atoms with Crippen LogP contribution in [0.3, 0.4) is 0 Å². The van der Waals surface area contributed by atoms with Gasteiger partial charge in [-0.3, -0.25) is 4.90 Å². The Labute approximate surface area is 185 Å². The molecule has 1 saturated heterocycles. The summed E-state index contributed by atoms with van der Waals surface area (Å²) in [6.45, 7) is 6.35. The van der Waals surface area contributed by atoms with Crippen molar-refractivity contribution in [2.24, 2.45) is 0 Å². The molecule has 6 nitrogen and oxygen atoms in total. The van der Waals surface area contributed by atoms with E-state index >= 15 is 0 Å². The first kappa shape index (κ1) is 21.7. The fourth-order valence-electron chi connectivity index (χ4n) is 4.05. The Morgan fingerprint density at radius 1 is 0.903 bits per heavy atom. The van der Waals surface area contributed by atoms with E-state index in [0.717, 1.165) is 50.4 Å². The summed E-state index contributed by atoms with van der Waals surface area (Å²) in [6, 6.07) is 17.5. The summed E-state index contributed by atoms with van der Waals surface area (Å²) in [6.07, 6.45) is 5.87. The minimum Gasteiger partial charge on any atom is -0.330 e. The highest BCUT2D eigenvalue weighted by Crippen LogP contribution is 2.20. The van der Waals surface area contributed by atoms with Crippen molar-refractivity contribution in [3.8, 4) is 11.4 Å². The van der Waals surface area contributed by atoms with Crippen molar-refractivity contribution in [2.45, 2.75) is 31.2 Å². The Hall–Kier alpha value is -2.48. The highest BCUT2D eigenvalue weighted by molar-refractivity contribution is 7.89. The van der Waals surface area contributed by atoms with E-state index in [1.165, 1.54) is 5.56 Å². The minimum absolute atomic E-state index is 0.395. The largest absolute Gasteiger partial charge is 0.330 e. The van der Waals surface area contributed by atoms with E-state index in [2.05, 4.69) is 33.5 Å². The van der Waals surface area contributed by atoms with E-state index in [4.69, 9.17) is 0 Å². The van der Waals surface area contributed by atoms with Crippen molar-refractivity contribution in [3.63, 3.8) is 0 Å². The second kappa shape index (κ2) is 9.77. The van der Waals surface area contributed by atoms with E-state index in [-0.39, 0.29) is 0 Å². The van der Waals surface area contributed by atoms with Crippen LogP contribution in [0.1, 0.15) is 18.9 Å². The first-order valence-corrected chi connectivity index (χ1v) is 12.4. The van der Waals surface area contributed by atoms with Gasteiger partial charge in [-0.2, -0.15) is 4.31 Å². The van der Waals surface area contributed by atoms with Crippen molar-refractivity contribution in [3.05, 3.63) is 72.6 Å². The Kier molecular flexibility index (Phi) is 6.85. The van der Waals surface area contributed by atoms with Gasteiger partial charge in [-0.05, 0) is 24.1 Å². The molecule has 31 heavy (non-hydrogen) atoms. The quantitative estimate of drug-likeness (QED) is 0.540. The second-order valence-corrected chi connectivity index (χ2v) is 9.89. The van der Waals surface area contributed by atoms with Crippen LogP contribution in [0.4, 0.5) is 0 Å². The summed E-state index contributed by atoms with van der Waals surface area (Å²) < 4.78 is 29.8. The van der Waals surface area contributed by atoms with Crippen LogP contribution in [0.25, 0.3) is 11.4 Å². The fourth-order valence-corrected chi connectivity index (χ4v) is 5.47. The highest BCUT2D eigenvalue weighted by atomic mass is 32.2. The number of nitrogens with zero attached hydrogens (tertiary/aromatic N) is 4. The van der Waals surface area contributed by atoms with Crippen LogP contribution < -0.4 is 0 Å². The van der Waals surface area contributed by atoms with Gasteiger partial charge in [0.25, 0.3) is 0 Å². The minimum atomic E-state index is -3.43. The third-order valence-electron chi connectivity index (χ3n) is 5.84. The SMILES string of the molecule is CCCc1ccc(S(=O)(=O)N2CCN(CCn3ccnc3-c3ccccc3)CC2)cc1. The molecule has 3 aromatic rings. The number of rotatable bonds is 8. The molecule has 0 saturated carbocycles. The number of hydrogen-bond acceptors (Lipinski definition) is 4. The number of piperazine rings is 1. The Morgan fingerprint density at radius 2 is 1.61 bits per heavy atom. The lowest BCUT2D eigenvalue weighted by atomic mass is 10.1. The van der Waals surface area contributed by atoms with Crippen LogP contribution in [0.5, 0.6) is 0 Å². The lowest BCUT2D eigenvalue weighted by molar-refractivity contribution is 0.183. The number of aryl methyl sites for hydroxylation is 1. The lowest BCUT2D eigenvalue weighted by Gasteiger charge is -2.34. The molecule has 7 heteroatoms. The Bertz CT molecular complexity index is 1070. The molecule has 0 atom stereocenters. The van der Waals surface area contributed by atoms with Gasteiger partial charge in [0.05, 0.1) is 4.90 Å². The maximum absolute atomic E-state index is 13.0. The van der Waals surface area contributed by atoms with Crippen LogP contribution in [0.15, 0.2) is 71.9 Å². The van der Waals surface area contributed by atoms with E-state index in [9.17, 15) is 8.42 Å². The molecule has 2 heterocycles. The zero-order valence-corrected chi connectivity index (χ0v) is 18.8. The maximum atomic E-state index is 13.0. The van der Waals surface area contributed by atoms with Gasteiger partial charge < -0.3 is 4.57 Å². The van der Waals surface area contributed by atoms with Crippen molar-refractivity contribution in [2.75, 3.05) is 32.7 Å². The molecule has 0 aliphatic carbocycles. The predicted octanol–water partition coefficient (Wildman–Crippen LogP) is 3.51. The maximum Gasteiger partial charge on any atom is 0.243 e. The van der Waals surface area contributed by atoms with Crippen LogP contribution in [-0.2, 0) is 23.0 Å². The summed E-state index contributed by atoms with van der Waals surface area (Å²) in [5, 5.41) is 0. The zero-order chi connectivity index (χ0) is 21.7. The second-order valence-electron chi connectivity index (χ2n) is 7.95. The van der Waals surface area contributed by atoms with E-state index in [1.54, 1.807) is 16.4 Å². The molecule has 164 valence electrons. The molecule has 2 aromatic carbocycles. The molecule has 0 bridgehead atoms. The monoisotopic (exact) mass is 438 g/mol. The summed E-state index contributed by atoms with van der Waals surface area (Å²) >= 11 is 0. The molecular formula is C24H30N4O2S. The predicted molar refractivity (Wildman–Crippen MR) is 123 cm³/mol. The van der Waals surface area contributed by atoms with Gasteiger partial charge in [0, 0.05) is 57.2 Å². The molecule has 1 aliphatic rings. The van der Waals surface area contributed by atoms with Crippen molar-refractivity contribution < 1.29 is 8.42 Å². The van der Waals surface area contributed by atoms with Gasteiger partial charge in [0.1, 0.15) is 5.82 Å². The van der Waals surface area contributed by atoms with Crippen molar-refractivity contribution in [1.82, 2.24) is 18.8 Å². The average Bonchev–Trinajstić information content (AvgIpc) is 3.28. The van der Waals surface area contributed by atoms with Gasteiger partial charge in [-0.1, -0.05) is 55.8 Å². The number of aromatic nitrogens is 2. The first-order valence-electron chi connectivity index (χ1n) is 11.0. The van der Waals surface area contributed by atoms with E-state index < -0.39 is 10.0 Å². The fraction of sp³-hybridized carbons (Fsp3) is 0.375. The van der Waals surface area contributed by atoms with Crippen molar-refractivity contribution >= 4 is 10.0 Å². The first-order chi connectivity index (χ1) is 15.1. The normalized spacial score (nSPS) is 15.9. The topological polar surface area (TPSA) is 58.4 Å². The van der Waals surface area contributed by atoms with Gasteiger partial charge in [-0.15, -0.1) is 0 Å². The molecule has 0 amide bonds. The smallest absolute Gasteiger partial charge is 0.243 e. The molecule has 0 radical (unpaired) electrons. The molecular weight excluding hydrogens is 408 g/mol. The summed E-state index contributed by atoms with van der Waals surface area (Å²) in [5.74, 6) is 0.966. The molecule has 4 rings (SSSR count). The van der Waals surface area contributed by atoms with Crippen LogP contribution in [0, 0.1) is 0 Å². The number of imidazole rings is 1. The van der Waals surface area contributed by atoms with E-state index in [0.29, 0.717) is 18.0 Å². The number of sulfonamides is 1. The van der Waals surface area contributed by atoms with Crippen LogP contribution in [-0.4, -0.2) is 59.9 Å². The van der Waals surface area contributed by atoms with Gasteiger partial charge in [0.2, 0.25) is 10.0 Å². The standard InChI is InChI=1S/C24H30N4O2S/c1-2-6-21-9-11-23(12-10-21)31(29,30)28-19-16-26(17-20-28)15-18-27-14-13-25-24(27)22-7-4-3-5-8-22/h3-5,7-14H,2,6,15-20H2,1H3. The van der Waals surface area contributed by atoms with Crippen LogP contribution >= 0.6 is 0 Å². The summed E-state index contributed by atoms with van der Waals surface area (Å²) in [5.41, 5.74) is 2.29. The summed E-state index contributed by atoms with van der Waals surface area (Å²) in [4.78, 5) is 7.22. The van der Waals surface area contributed by atoms with E-state index in [1.807, 2.05) is 42.7 Å². The van der Waals surface area contributed by atoms with Gasteiger partial charge >= 0.3 is 0 Å². The zero-order valence-electron chi connectivity index (χ0n) is 18.0. The Morgan fingerprint density at radius 3 is 2.29 bits per heavy atom. The average molecular weight is 439 g/mol. The molecule has 1 fully saturated rings. The molecule has 1 aromatic heterocycles.